The maximum Gasteiger partial charge on any atom is 0.313 e. The number of non-ortho nitro benzene ring substituents is 1. The van der Waals surface area contributed by atoms with Crippen LogP contribution in [0.25, 0.3) is 22.1 Å². The Bertz CT molecular complexity index is 987. The molecule has 0 aliphatic carbocycles. The van der Waals surface area contributed by atoms with E-state index in [1.165, 1.54) is 30.0 Å². The maximum atomic E-state index is 10.9. The highest BCUT2D eigenvalue weighted by Gasteiger charge is 2.25. The van der Waals surface area contributed by atoms with Crippen molar-refractivity contribution in [2.45, 2.75) is 0 Å². The molecule has 10 nitrogen and oxygen atoms in total. The zero-order valence-corrected chi connectivity index (χ0v) is 11.7. The number of nitrogens with zero attached hydrogens (tertiary/aromatic N) is 4. The SMILES string of the molecule is CO[n+]1c2cc([N+](=O)[O-])ccc2nc2cc([N+](=O)[O-])c(O)cc21. The van der Waals surface area contributed by atoms with Gasteiger partial charge in [0.1, 0.15) is 18.1 Å². The number of aromatic nitrogens is 2. The number of nitro benzene ring substituents is 2. The van der Waals surface area contributed by atoms with E-state index in [0.717, 1.165) is 12.1 Å². The summed E-state index contributed by atoms with van der Waals surface area (Å²) < 4.78 is 1.22. The summed E-state index contributed by atoms with van der Waals surface area (Å²) >= 11 is 0. The van der Waals surface area contributed by atoms with Crippen molar-refractivity contribution in [1.29, 1.82) is 0 Å². The average Bonchev–Trinajstić information content (AvgIpc) is 2.51. The zero-order valence-electron chi connectivity index (χ0n) is 11.7. The van der Waals surface area contributed by atoms with Crippen LogP contribution in [0.3, 0.4) is 0 Å². The Morgan fingerprint density at radius 3 is 2.39 bits per heavy atom. The number of phenols is 1. The largest absolute Gasteiger partial charge is 0.502 e. The van der Waals surface area contributed by atoms with Crippen molar-refractivity contribution in [2.75, 3.05) is 7.11 Å². The molecule has 1 heterocycles. The van der Waals surface area contributed by atoms with Gasteiger partial charge in [0.25, 0.3) is 16.7 Å². The topological polar surface area (TPSA) is 133 Å². The fourth-order valence-corrected chi connectivity index (χ4v) is 2.29. The predicted molar refractivity (Wildman–Crippen MR) is 76.9 cm³/mol. The number of nitro groups is 2. The van der Waals surface area contributed by atoms with Gasteiger partial charge in [-0.2, -0.15) is 0 Å². The van der Waals surface area contributed by atoms with Crippen LogP contribution < -0.4 is 9.57 Å². The third kappa shape index (κ3) is 2.21. The summed E-state index contributed by atoms with van der Waals surface area (Å²) in [5, 5.41) is 31.6. The molecule has 2 aromatic carbocycles. The van der Waals surface area contributed by atoms with Gasteiger partial charge in [-0.15, -0.1) is 0 Å². The molecular weight excluding hydrogens is 308 g/mol. The molecule has 3 rings (SSSR count). The third-order valence-electron chi connectivity index (χ3n) is 3.30. The fraction of sp³-hybridized carbons (Fsp3) is 0.0769. The number of rotatable bonds is 3. The first-order chi connectivity index (χ1) is 10.9. The van der Waals surface area contributed by atoms with Crippen molar-refractivity contribution >= 4 is 33.4 Å². The van der Waals surface area contributed by atoms with Crippen LogP contribution in [0, 0.1) is 20.2 Å². The molecule has 10 heteroatoms. The van der Waals surface area contributed by atoms with Gasteiger partial charge in [-0.3, -0.25) is 25.1 Å². The molecular formula is C13H9N4O6+. The normalized spacial score (nSPS) is 10.8. The Morgan fingerprint density at radius 1 is 1.09 bits per heavy atom. The molecule has 23 heavy (non-hydrogen) atoms. The van der Waals surface area contributed by atoms with E-state index < -0.39 is 21.3 Å². The summed E-state index contributed by atoms with van der Waals surface area (Å²) in [6.45, 7) is 0. The molecule has 3 aromatic rings. The van der Waals surface area contributed by atoms with Gasteiger partial charge < -0.3 is 5.11 Å². The van der Waals surface area contributed by atoms with Crippen LogP contribution in [-0.4, -0.2) is 27.0 Å². The molecule has 0 saturated carbocycles. The molecule has 0 unspecified atom stereocenters. The van der Waals surface area contributed by atoms with Crippen molar-refractivity contribution in [1.82, 2.24) is 4.98 Å². The molecule has 0 fully saturated rings. The molecule has 0 amide bonds. The number of hydrogen-bond donors (Lipinski definition) is 1. The Hall–Kier alpha value is -3.56. The predicted octanol–water partition coefficient (Wildman–Crippen LogP) is 1.26. The second-order valence-corrected chi connectivity index (χ2v) is 4.61. The molecule has 0 aliphatic heterocycles. The van der Waals surface area contributed by atoms with Gasteiger partial charge in [-0.1, -0.05) is 0 Å². The zero-order chi connectivity index (χ0) is 16.7. The van der Waals surface area contributed by atoms with Crippen LogP contribution >= 0.6 is 0 Å². The fourth-order valence-electron chi connectivity index (χ4n) is 2.29. The van der Waals surface area contributed by atoms with E-state index >= 15 is 0 Å². The number of hydrogen-bond acceptors (Lipinski definition) is 7. The minimum atomic E-state index is -0.729. The first-order valence-electron chi connectivity index (χ1n) is 6.28. The Balaban J connectivity index is 2.44. The second kappa shape index (κ2) is 5.02. The van der Waals surface area contributed by atoms with E-state index in [1.807, 2.05) is 0 Å². The minimum absolute atomic E-state index is 0.157. The molecule has 1 aromatic heterocycles. The first-order valence-corrected chi connectivity index (χ1v) is 6.28. The lowest BCUT2D eigenvalue weighted by atomic mass is 10.2. The second-order valence-electron chi connectivity index (χ2n) is 4.61. The van der Waals surface area contributed by atoms with Crippen molar-refractivity contribution in [3.63, 3.8) is 0 Å². The van der Waals surface area contributed by atoms with Gasteiger partial charge in [-0.25, -0.2) is 4.98 Å². The van der Waals surface area contributed by atoms with E-state index in [2.05, 4.69) is 4.98 Å². The van der Waals surface area contributed by atoms with E-state index in [4.69, 9.17) is 4.84 Å². The third-order valence-corrected chi connectivity index (χ3v) is 3.30. The van der Waals surface area contributed by atoms with Crippen LogP contribution in [-0.2, 0) is 0 Å². The number of fused-ring (bicyclic) bond motifs is 2. The van der Waals surface area contributed by atoms with Crippen molar-refractivity contribution in [3.05, 3.63) is 50.6 Å². The maximum absolute atomic E-state index is 10.9. The monoisotopic (exact) mass is 317 g/mol. The van der Waals surface area contributed by atoms with Gasteiger partial charge in [0, 0.05) is 10.8 Å². The highest BCUT2D eigenvalue weighted by Crippen LogP contribution is 2.30. The summed E-state index contributed by atoms with van der Waals surface area (Å²) in [6, 6.07) is 6.20. The first kappa shape index (κ1) is 14.4. The van der Waals surface area contributed by atoms with Gasteiger partial charge in [0.15, 0.2) is 0 Å². The molecule has 116 valence electrons. The minimum Gasteiger partial charge on any atom is -0.502 e. The van der Waals surface area contributed by atoms with Gasteiger partial charge in [0.05, 0.1) is 28.0 Å². The van der Waals surface area contributed by atoms with Crippen molar-refractivity contribution < 1.29 is 24.5 Å². The van der Waals surface area contributed by atoms with Gasteiger partial charge >= 0.3 is 5.69 Å². The highest BCUT2D eigenvalue weighted by atomic mass is 16.6. The molecule has 0 saturated heterocycles. The Labute approximate surface area is 127 Å². The standard InChI is InChI=1S/C13H8N4O6/c1-23-15-10-4-7(16(19)20)2-3-8(10)14-9-5-12(17(21)22)13(18)6-11(9)15/h2-6H,1H3/p+1. The summed E-state index contributed by atoms with van der Waals surface area (Å²) in [5.41, 5.74) is 0.443. The van der Waals surface area contributed by atoms with Crippen molar-refractivity contribution in [3.8, 4) is 5.75 Å². The van der Waals surface area contributed by atoms with Gasteiger partial charge in [-0.05, 0) is 6.07 Å². The number of aromatic hydroxyl groups is 1. The lowest BCUT2D eigenvalue weighted by Crippen LogP contribution is -2.42. The Kier molecular flexibility index (Phi) is 3.14. The van der Waals surface area contributed by atoms with Crippen LogP contribution in [0.15, 0.2) is 30.3 Å². The van der Waals surface area contributed by atoms with E-state index in [0.29, 0.717) is 11.0 Å². The van der Waals surface area contributed by atoms with Crippen LogP contribution in [0.4, 0.5) is 11.4 Å². The van der Waals surface area contributed by atoms with Crippen LogP contribution in [0.1, 0.15) is 0 Å². The quantitative estimate of drug-likeness (QED) is 0.332. The van der Waals surface area contributed by atoms with Crippen molar-refractivity contribution in [2.24, 2.45) is 0 Å². The molecule has 1 N–H and O–H groups in total. The molecule has 0 radical (unpaired) electrons. The number of benzene rings is 2. The summed E-state index contributed by atoms with van der Waals surface area (Å²) in [7, 11) is 1.33. The highest BCUT2D eigenvalue weighted by molar-refractivity contribution is 5.85. The van der Waals surface area contributed by atoms with E-state index in [9.17, 15) is 25.3 Å². The Morgan fingerprint density at radius 2 is 1.78 bits per heavy atom. The lowest BCUT2D eigenvalue weighted by Gasteiger charge is -2.03. The average molecular weight is 317 g/mol. The van der Waals surface area contributed by atoms with E-state index in [1.54, 1.807) is 0 Å². The summed E-state index contributed by atoms with van der Waals surface area (Å²) in [6.07, 6.45) is 0. The molecule has 0 atom stereocenters. The summed E-state index contributed by atoms with van der Waals surface area (Å²) in [4.78, 5) is 30.0. The smallest absolute Gasteiger partial charge is 0.313 e. The molecule has 0 spiro atoms. The number of phenolic OH excluding ortho intramolecular Hbond substituents is 1. The lowest BCUT2D eigenvalue weighted by molar-refractivity contribution is -0.844. The molecule has 0 aliphatic rings. The van der Waals surface area contributed by atoms with E-state index in [-0.39, 0.29) is 16.7 Å². The molecule has 0 bridgehead atoms. The van der Waals surface area contributed by atoms with Crippen LogP contribution in [0.2, 0.25) is 0 Å². The summed E-state index contributed by atoms with van der Waals surface area (Å²) in [5.74, 6) is -0.556. The van der Waals surface area contributed by atoms with Gasteiger partial charge in [0.2, 0.25) is 5.75 Å². The van der Waals surface area contributed by atoms with Crippen LogP contribution in [0.5, 0.6) is 5.75 Å².